The third-order valence-electron chi connectivity index (χ3n) is 4.03. The van der Waals surface area contributed by atoms with Gasteiger partial charge in [0.2, 0.25) is 0 Å². The molecule has 0 saturated heterocycles. The molecule has 0 spiro atoms. The number of nitrogens with one attached hydrogen (secondary N) is 1. The molecule has 30 heavy (non-hydrogen) atoms. The van der Waals surface area contributed by atoms with Gasteiger partial charge in [-0.15, -0.1) is 0 Å². The Morgan fingerprint density at radius 2 is 1.40 bits per heavy atom. The first kappa shape index (κ1) is 21.3. The van der Waals surface area contributed by atoms with E-state index >= 15 is 0 Å². The van der Waals surface area contributed by atoms with Gasteiger partial charge in [-0.3, -0.25) is 9.59 Å². The molecule has 0 fully saturated rings. The van der Waals surface area contributed by atoms with Gasteiger partial charge in [-0.25, -0.2) is 4.79 Å². The second-order valence-electron chi connectivity index (χ2n) is 6.33. The molecule has 6 nitrogen and oxygen atoms in total. The zero-order valence-electron chi connectivity index (χ0n) is 16.1. The first-order chi connectivity index (χ1) is 14.4. The van der Waals surface area contributed by atoms with Crippen molar-refractivity contribution in [2.45, 2.75) is 6.92 Å². The summed E-state index contributed by atoms with van der Waals surface area (Å²) in [6.45, 7) is 0.963. The van der Waals surface area contributed by atoms with E-state index in [2.05, 4.69) is 21.2 Å². The maximum atomic E-state index is 12.2. The molecule has 7 heteroatoms. The van der Waals surface area contributed by atoms with E-state index in [9.17, 15) is 14.4 Å². The molecule has 1 amide bonds. The summed E-state index contributed by atoms with van der Waals surface area (Å²) in [5.41, 5.74) is 2.74. The highest BCUT2D eigenvalue weighted by atomic mass is 79.9. The van der Waals surface area contributed by atoms with Crippen molar-refractivity contribution >= 4 is 39.5 Å². The third kappa shape index (κ3) is 6.02. The first-order valence-electron chi connectivity index (χ1n) is 9.02. The van der Waals surface area contributed by atoms with Gasteiger partial charge in [0.1, 0.15) is 5.75 Å². The fourth-order valence-electron chi connectivity index (χ4n) is 2.62. The summed E-state index contributed by atoms with van der Waals surface area (Å²) in [7, 11) is 0. The summed E-state index contributed by atoms with van der Waals surface area (Å²) < 4.78 is 11.0. The number of amides is 1. The fourth-order valence-corrected chi connectivity index (χ4v) is 2.89. The van der Waals surface area contributed by atoms with Crippen LogP contribution in [-0.4, -0.2) is 24.5 Å². The Morgan fingerprint density at radius 3 is 1.97 bits per heavy atom. The molecule has 0 saturated carbocycles. The van der Waals surface area contributed by atoms with E-state index < -0.39 is 11.9 Å². The number of rotatable bonds is 6. The van der Waals surface area contributed by atoms with Gasteiger partial charge < -0.3 is 14.8 Å². The number of halogens is 1. The molecular formula is C23H18BrNO5. The number of carbonyl (C=O) groups excluding carboxylic acids is 3. The van der Waals surface area contributed by atoms with Crippen molar-refractivity contribution in [2.24, 2.45) is 0 Å². The maximum absolute atomic E-state index is 12.2. The topological polar surface area (TPSA) is 81.7 Å². The highest BCUT2D eigenvalue weighted by molar-refractivity contribution is 9.10. The van der Waals surface area contributed by atoms with E-state index in [1.807, 2.05) is 12.1 Å². The van der Waals surface area contributed by atoms with Crippen LogP contribution in [0.15, 0.2) is 77.3 Å². The van der Waals surface area contributed by atoms with E-state index in [-0.39, 0.29) is 12.6 Å². The van der Waals surface area contributed by atoms with E-state index in [0.717, 1.165) is 15.6 Å². The zero-order chi connectivity index (χ0) is 21.5. The van der Waals surface area contributed by atoms with E-state index in [4.69, 9.17) is 9.47 Å². The van der Waals surface area contributed by atoms with Crippen LogP contribution < -0.4 is 10.1 Å². The predicted molar refractivity (Wildman–Crippen MR) is 116 cm³/mol. The van der Waals surface area contributed by atoms with Crippen LogP contribution in [0, 0.1) is 0 Å². The predicted octanol–water partition coefficient (Wildman–Crippen LogP) is 4.84. The van der Waals surface area contributed by atoms with Crippen molar-refractivity contribution in [3.8, 4) is 16.9 Å². The summed E-state index contributed by atoms with van der Waals surface area (Å²) in [5, 5.41) is 2.65. The van der Waals surface area contributed by atoms with Gasteiger partial charge in [-0.2, -0.15) is 0 Å². The van der Waals surface area contributed by atoms with Crippen LogP contribution in [0.25, 0.3) is 11.1 Å². The molecule has 0 radical (unpaired) electrons. The quantitative estimate of drug-likeness (QED) is 0.414. The number of hydrogen-bond donors (Lipinski definition) is 1. The van der Waals surface area contributed by atoms with E-state index in [0.29, 0.717) is 17.0 Å². The van der Waals surface area contributed by atoms with E-state index in [1.165, 1.54) is 6.92 Å². The Hall–Kier alpha value is -3.45. The van der Waals surface area contributed by atoms with Crippen molar-refractivity contribution in [2.75, 3.05) is 11.9 Å². The Kier molecular flexibility index (Phi) is 6.98. The van der Waals surface area contributed by atoms with Gasteiger partial charge in [0.15, 0.2) is 6.61 Å². The van der Waals surface area contributed by atoms with Crippen LogP contribution >= 0.6 is 15.9 Å². The summed E-state index contributed by atoms with van der Waals surface area (Å²) in [5.74, 6) is -0.920. The second-order valence-corrected chi connectivity index (χ2v) is 7.24. The van der Waals surface area contributed by atoms with Gasteiger partial charge >= 0.3 is 11.9 Å². The monoisotopic (exact) mass is 467 g/mol. The molecule has 0 aliphatic carbocycles. The van der Waals surface area contributed by atoms with Crippen molar-refractivity contribution < 1.29 is 23.9 Å². The lowest BCUT2D eigenvalue weighted by atomic mass is 10.0. The molecule has 0 aliphatic heterocycles. The third-order valence-corrected chi connectivity index (χ3v) is 4.56. The van der Waals surface area contributed by atoms with Gasteiger partial charge in [-0.05, 0) is 59.7 Å². The number of hydrogen-bond acceptors (Lipinski definition) is 5. The first-order valence-corrected chi connectivity index (χ1v) is 9.81. The molecular weight excluding hydrogens is 450 g/mol. The normalized spacial score (nSPS) is 10.2. The van der Waals surface area contributed by atoms with Crippen molar-refractivity contribution in [1.82, 2.24) is 0 Å². The number of esters is 2. The van der Waals surface area contributed by atoms with Crippen LogP contribution in [0.5, 0.6) is 5.75 Å². The molecule has 3 aromatic carbocycles. The lowest BCUT2D eigenvalue weighted by Crippen LogP contribution is -2.20. The van der Waals surface area contributed by atoms with Crippen LogP contribution in [0.2, 0.25) is 0 Å². The largest absolute Gasteiger partial charge is 0.452 e. The second kappa shape index (κ2) is 9.84. The average molecular weight is 468 g/mol. The number of ether oxygens (including phenoxy) is 2. The number of carbonyl (C=O) groups is 3. The van der Waals surface area contributed by atoms with Crippen molar-refractivity contribution in [3.05, 3.63) is 82.8 Å². The van der Waals surface area contributed by atoms with Gasteiger partial charge in [-0.1, -0.05) is 40.2 Å². The maximum Gasteiger partial charge on any atom is 0.338 e. The minimum atomic E-state index is -0.585. The van der Waals surface area contributed by atoms with Crippen molar-refractivity contribution in [1.29, 1.82) is 0 Å². The minimum absolute atomic E-state index is 0.340. The number of anilines is 1. The summed E-state index contributed by atoms with van der Waals surface area (Å²) in [4.78, 5) is 35.1. The van der Waals surface area contributed by atoms with E-state index in [1.54, 1.807) is 60.7 Å². The minimum Gasteiger partial charge on any atom is -0.452 e. The molecule has 0 unspecified atom stereocenters. The number of benzene rings is 3. The highest BCUT2D eigenvalue weighted by Crippen LogP contribution is 2.23. The summed E-state index contributed by atoms with van der Waals surface area (Å²) >= 11 is 3.32. The zero-order valence-corrected chi connectivity index (χ0v) is 17.6. The van der Waals surface area contributed by atoms with Gasteiger partial charge in [0, 0.05) is 17.1 Å². The summed E-state index contributed by atoms with van der Waals surface area (Å²) in [6.07, 6.45) is 0. The van der Waals surface area contributed by atoms with Crippen LogP contribution in [0.4, 0.5) is 5.69 Å². The molecule has 1 N–H and O–H groups in total. The lowest BCUT2D eigenvalue weighted by molar-refractivity contribution is -0.131. The highest BCUT2D eigenvalue weighted by Gasteiger charge is 2.11. The standard InChI is InChI=1S/C23H18BrNO5/c1-15(26)30-21-12-6-17(7-13-21)16-2-4-18(5-3-16)23(28)29-14-22(27)25-20-10-8-19(24)9-11-20/h2-13H,14H2,1H3,(H,25,27). The lowest BCUT2D eigenvalue weighted by Gasteiger charge is -2.08. The van der Waals surface area contributed by atoms with Gasteiger partial charge in [0.25, 0.3) is 5.91 Å². The molecule has 0 heterocycles. The molecule has 0 atom stereocenters. The Morgan fingerprint density at radius 1 is 0.833 bits per heavy atom. The van der Waals surface area contributed by atoms with Crippen LogP contribution in [-0.2, 0) is 14.3 Å². The molecule has 152 valence electrons. The smallest absolute Gasteiger partial charge is 0.338 e. The average Bonchev–Trinajstić information content (AvgIpc) is 2.74. The Bertz CT molecular complexity index is 1040. The molecule has 3 aromatic rings. The SMILES string of the molecule is CC(=O)Oc1ccc(-c2ccc(C(=O)OCC(=O)Nc3ccc(Br)cc3)cc2)cc1. The summed E-state index contributed by atoms with van der Waals surface area (Å²) in [6, 6.07) is 20.9. The fraction of sp³-hybridized carbons (Fsp3) is 0.0870. The Labute approximate surface area is 181 Å². The molecule has 0 aromatic heterocycles. The Balaban J connectivity index is 1.55. The molecule has 3 rings (SSSR count). The van der Waals surface area contributed by atoms with Gasteiger partial charge in [0.05, 0.1) is 5.56 Å². The molecule has 0 bridgehead atoms. The molecule has 0 aliphatic rings. The van der Waals surface area contributed by atoms with Crippen LogP contribution in [0.1, 0.15) is 17.3 Å². The van der Waals surface area contributed by atoms with Crippen LogP contribution in [0.3, 0.4) is 0 Å². The van der Waals surface area contributed by atoms with Crippen molar-refractivity contribution in [3.63, 3.8) is 0 Å².